The third-order valence-electron chi connectivity index (χ3n) is 7.59. The summed E-state index contributed by atoms with van der Waals surface area (Å²) < 4.78 is 0. The molecule has 0 radical (unpaired) electrons. The van der Waals surface area contributed by atoms with Crippen LogP contribution in [0.5, 0.6) is 0 Å². The van der Waals surface area contributed by atoms with E-state index in [4.69, 9.17) is 0 Å². The lowest BCUT2D eigenvalue weighted by Gasteiger charge is -2.62. The van der Waals surface area contributed by atoms with Gasteiger partial charge in [0.15, 0.2) is 11.5 Å². The number of carbonyl (C=O) groups excluding carboxylic acids is 1. The van der Waals surface area contributed by atoms with Crippen LogP contribution in [-0.4, -0.2) is 51.0 Å². The molecule has 8 heteroatoms. The molecule has 5 aliphatic rings. The summed E-state index contributed by atoms with van der Waals surface area (Å²) in [5.74, 6) is 1.84. The Morgan fingerprint density at radius 3 is 2.63 bits per heavy atom. The molecule has 30 heavy (non-hydrogen) atoms. The van der Waals surface area contributed by atoms with E-state index in [-0.39, 0.29) is 23.0 Å². The number of amides is 1. The molecule has 3 unspecified atom stereocenters. The fraction of sp³-hybridized carbons (Fsp3) is 0.682. The van der Waals surface area contributed by atoms with Crippen LogP contribution in [0.1, 0.15) is 57.1 Å². The Kier molecular flexibility index (Phi) is 4.63. The summed E-state index contributed by atoms with van der Waals surface area (Å²) in [4.78, 5) is 23.1. The zero-order valence-electron chi connectivity index (χ0n) is 17.1. The summed E-state index contributed by atoms with van der Waals surface area (Å²) in [7, 11) is 0. The zero-order chi connectivity index (χ0) is 20.8. The number of nitrogens with one attached hydrogen (secondary N) is 2. The van der Waals surface area contributed by atoms with Crippen LogP contribution in [0.3, 0.4) is 0 Å². The number of aromatic nitrogens is 2. The molecular formula is C22H27N7O. The van der Waals surface area contributed by atoms with Crippen molar-refractivity contribution < 1.29 is 4.79 Å². The molecule has 2 N–H and O–H groups in total. The summed E-state index contributed by atoms with van der Waals surface area (Å²) >= 11 is 0. The van der Waals surface area contributed by atoms with E-state index in [1.165, 1.54) is 6.42 Å². The smallest absolute Gasteiger partial charge is 0.237 e. The largest absolute Gasteiger partial charge is 0.362 e. The minimum atomic E-state index is -0.273. The average Bonchev–Trinajstić information content (AvgIpc) is 3.20. The predicted molar refractivity (Wildman–Crippen MR) is 109 cm³/mol. The molecule has 5 fully saturated rings. The first-order valence-corrected chi connectivity index (χ1v) is 11.0. The Labute approximate surface area is 176 Å². The normalized spacial score (nSPS) is 36.3. The van der Waals surface area contributed by atoms with E-state index in [9.17, 15) is 15.3 Å². The van der Waals surface area contributed by atoms with Gasteiger partial charge < -0.3 is 15.5 Å². The Morgan fingerprint density at radius 1 is 1.17 bits per heavy atom. The standard InChI is InChI=1S/C22H27N7O/c23-11-17-2-1-5-29(17)19(30)13-27-21-7-15-6-16(8-21)10-22(9-15,14-21)28-20-18(12-24)25-3-4-26-20/h3-4,15-17,27H,1-2,5-10,13-14H2,(H,26,28). The van der Waals surface area contributed by atoms with E-state index in [2.05, 4.69) is 32.7 Å². The quantitative estimate of drug-likeness (QED) is 0.769. The maximum absolute atomic E-state index is 12.8. The van der Waals surface area contributed by atoms with Gasteiger partial charge in [0.1, 0.15) is 12.1 Å². The van der Waals surface area contributed by atoms with Gasteiger partial charge in [0.2, 0.25) is 5.91 Å². The van der Waals surface area contributed by atoms with Crippen LogP contribution < -0.4 is 10.6 Å². The summed E-state index contributed by atoms with van der Waals surface area (Å²) in [6.07, 6.45) is 11.4. The van der Waals surface area contributed by atoms with Gasteiger partial charge in [-0.25, -0.2) is 9.97 Å². The van der Waals surface area contributed by atoms with Crippen molar-refractivity contribution in [2.45, 2.75) is 68.5 Å². The van der Waals surface area contributed by atoms with Crippen molar-refractivity contribution in [3.8, 4) is 12.1 Å². The molecule has 1 amide bonds. The Bertz CT molecular complexity index is 918. The first kappa shape index (κ1) is 19.3. The molecule has 1 aromatic rings. The SMILES string of the molecule is N#Cc1nccnc1NC12CC3CC(CC(NCC(=O)N4CCCC4C#N)(C3)C1)C2. The number of rotatable bonds is 5. The average molecular weight is 406 g/mol. The van der Waals surface area contributed by atoms with Crippen LogP contribution >= 0.6 is 0 Å². The topological polar surface area (TPSA) is 118 Å². The third-order valence-corrected chi connectivity index (χ3v) is 7.59. The number of nitrogens with zero attached hydrogens (tertiary/aromatic N) is 5. The van der Waals surface area contributed by atoms with Crippen molar-refractivity contribution in [2.24, 2.45) is 11.8 Å². The van der Waals surface area contributed by atoms with Crippen LogP contribution in [0.2, 0.25) is 0 Å². The third kappa shape index (κ3) is 3.30. The van der Waals surface area contributed by atoms with E-state index in [0.717, 1.165) is 44.9 Å². The summed E-state index contributed by atoms with van der Waals surface area (Å²) in [5.41, 5.74) is 0.163. The van der Waals surface area contributed by atoms with E-state index in [1.54, 1.807) is 17.3 Å². The van der Waals surface area contributed by atoms with E-state index < -0.39 is 0 Å². The van der Waals surface area contributed by atoms with Gasteiger partial charge in [0, 0.05) is 30.0 Å². The van der Waals surface area contributed by atoms with Gasteiger partial charge in [0.05, 0.1) is 12.6 Å². The fourth-order valence-corrected chi connectivity index (χ4v) is 6.94. The molecule has 6 rings (SSSR count). The number of likely N-dealkylation sites (tertiary alicyclic amines) is 1. The Morgan fingerprint density at radius 2 is 1.90 bits per heavy atom. The molecule has 4 aliphatic carbocycles. The van der Waals surface area contributed by atoms with Gasteiger partial charge in [0.25, 0.3) is 0 Å². The summed E-state index contributed by atoms with van der Waals surface area (Å²) in [5, 5.41) is 26.0. The molecule has 4 bridgehead atoms. The molecular weight excluding hydrogens is 378 g/mol. The highest BCUT2D eigenvalue weighted by atomic mass is 16.2. The van der Waals surface area contributed by atoms with Crippen molar-refractivity contribution in [2.75, 3.05) is 18.4 Å². The summed E-state index contributed by atoms with van der Waals surface area (Å²) in [6.45, 7) is 0.981. The van der Waals surface area contributed by atoms with Crippen molar-refractivity contribution in [1.82, 2.24) is 20.2 Å². The molecule has 0 spiro atoms. The van der Waals surface area contributed by atoms with Crippen LogP contribution in [0.15, 0.2) is 12.4 Å². The second-order valence-electron chi connectivity index (χ2n) is 9.74. The molecule has 156 valence electrons. The molecule has 8 nitrogen and oxygen atoms in total. The van der Waals surface area contributed by atoms with E-state index in [0.29, 0.717) is 36.4 Å². The molecule has 1 aliphatic heterocycles. The maximum Gasteiger partial charge on any atom is 0.237 e. The molecule has 1 aromatic heterocycles. The van der Waals surface area contributed by atoms with E-state index >= 15 is 0 Å². The highest BCUT2D eigenvalue weighted by Gasteiger charge is 2.58. The Balaban J connectivity index is 1.32. The Hall–Kier alpha value is -2.71. The van der Waals surface area contributed by atoms with Crippen molar-refractivity contribution in [3.63, 3.8) is 0 Å². The van der Waals surface area contributed by atoms with Gasteiger partial charge in [-0.3, -0.25) is 4.79 Å². The highest BCUT2D eigenvalue weighted by Crippen LogP contribution is 2.58. The minimum Gasteiger partial charge on any atom is -0.362 e. The van der Waals surface area contributed by atoms with Crippen LogP contribution in [0, 0.1) is 34.5 Å². The van der Waals surface area contributed by atoms with Crippen molar-refractivity contribution in [3.05, 3.63) is 18.1 Å². The lowest BCUT2D eigenvalue weighted by Crippen LogP contribution is -2.67. The molecule has 0 aromatic carbocycles. The van der Waals surface area contributed by atoms with Gasteiger partial charge >= 0.3 is 0 Å². The first-order valence-electron chi connectivity index (χ1n) is 11.0. The lowest BCUT2D eigenvalue weighted by atomic mass is 9.50. The van der Waals surface area contributed by atoms with Gasteiger partial charge in [-0.15, -0.1) is 0 Å². The predicted octanol–water partition coefficient (Wildman–Crippen LogP) is 1.96. The van der Waals surface area contributed by atoms with Crippen LogP contribution in [0.25, 0.3) is 0 Å². The van der Waals surface area contributed by atoms with Gasteiger partial charge in [-0.1, -0.05) is 0 Å². The second kappa shape index (κ2) is 7.21. The minimum absolute atomic E-state index is 0.0393. The second-order valence-corrected chi connectivity index (χ2v) is 9.74. The molecule has 2 heterocycles. The van der Waals surface area contributed by atoms with E-state index in [1.807, 2.05) is 0 Å². The number of hydrogen-bond acceptors (Lipinski definition) is 7. The maximum atomic E-state index is 12.8. The highest BCUT2D eigenvalue weighted by molar-refractivity contribution is 5.79. The number of anilines is 1. The first-order chi connectivity index (χ1) is 14.5. The number of carbonyl (C=O) groups is 1. The van der Waals surface area contributed by atoms with Gasteiger partial charge in [-0.05, 0) is 63.2 Å². The summed E-state index contributed by atoms with van der Waals surface area (Å²) in [6, 6.07) is 4.13. The molecule has 1 saturated heterocycles. The van der Waals surface area contributed by atoms with Crippen molar-refractivity contribution >= 4 is 11.7 Å². The lowest BCUT2D eigenvalue weighted by molar-refractivity contribution is -0.131. The van der Waals surface area contributed by atoms with Crippen molar-refractivity contribution in [1.29, 1.82) is 10.5 Å². The van der Waals surface area contributed by atoms with Crippen LogP contribution in [0.4, 0.5) is 5.82 Å². The molecule has 3 atom stereocenters. The number of hydrogen-bond donors (Lipinski definition) is 2. The monoisotopic (exact) mass is 405 g/mol. The fourth-order valence-electron chi connectivity index (χ4n) is 6.94. The molecule has 4 saturated carbocycles. The van der Waals surface area contributed by atoms with Gasteiger partial charge in [-0.2, -0.15) is 10.5 Å². The zero-order valence-corrected chi connectivity index (χ0v) is 17.1. The van der Waals surface area contributed by atoms with Crippen LogP contribution in [-0.2, 0) is 4.79 Å². The number of nitriles is 2.